The van der Waals surface area contributed by atoms with Gasteiger partial charge in [0.15, 0.2) is 5.65 Å². The Bertz CT molecular complexity index is 1150. The van der Waals surface area contributed by atoms with E-state index in [0.29, 0.717) is 28.3 Å². The zero-order chi connectivity index (χ0) is 22.6. The van der Waals surface area contributed by atoms with E-state index in [1.807, 2.05) is 38.9 Å². The highest BCUT2D eigenvalue weighted by Crippen LogP contribution is 2.41. The number of aromatic amines is 1. The van der Waals surface area contributed by atoms with Gasteiger partial charge >= 0.3 is 6.09 Å². The van der Waals surface area contributed by atoms with E-state index in [1.54, 1.807) is 17.1 Å². The van der Waals surface area contributed by atoms with E-state index in [4.69, 9.17) is 16.3 Å². The van der Waals surface area contributed by atoms with Crippen molar-refractivity contribution in [2.24, 2.45) is 18.9 Å². The molecular weight excluding hydrogens is 430 g/mol. The van der Waals surface area contributed by atoms with Crippen molar-refractivity contribution in [1.82, 2.24) is 29.6 Å². The molecule has 1 saturated carbocycles. The van der Waals surface area contributed by atoms with Gasteiger partial charge in [-0.25, -0.2) is 14.8 Å². The maximum absolute atomic E-state index is 12.4. The SMILES string of the molecule is Cn1cc(-c2nc3ncc(Cl)c(NC4CC5CN(C(=O)OC(C)(C)C)CC5C4)c3[nH]2)cn1. The van der Waals surface area contributed by atoms with E-state index in [9.17, 15) is 4.79 Å². The molecule has 0 radical (unpaired) electrons. The Morgan fingerprint density at radius 2 is 1.97 bits per heavy atom. The predicted octanol–water partition coefficient (Wildman–Crippen LogP) is 4.07. The molecule has 0 bridgehead atoms. The van der Waals surface area contributed by atoms with Gasteiger partial charge in [0.2, 0.25) is 0 Å². The number of carbonyl (C=O) groups excluding carboxylic acids is 1. The van der Waals surface area contributed by atoms with Gasteiger partial charge in [-0.3, -0.25) is 4.68 Å². The molecule has 3 aromatic heterocycles. The molecule has 1 amide bonds. The van der Waals surface area contributed by atoms with Crippen LogP contribution in [0.2, 0.25) is 5.02 Å². The highest BCUT2D eigenvalue weighted by Gasteiger charge is 2.43. The molecule has 1 saturated heterocycles. The van der Waals surface area contributed by atoms with E-state index in [0.717, 1.165) is 42.7 Å². The highest BCUT2D eigenvalue weighted by molar-refractivity contribution is 6.34. The lowest BCUT2D eigenvalue weighted by atomic mass is 10.0. The number of ether oxygens (including phenoxy) is 1. The van der Waals surface area contributed by atoms with Gasteiger partial charge < -0.3 is 19.9 Å². The molecule has 0 aromatic carbocycles. The van der Waals surface area contributed by atoms with Gasteiger partial charge in [0.05, 0.1) is 28.7 Å². The number of hydrogen-bond donors (Lipinski definition) is 2. The number of carbonyl (C=O) groups is 1. The number of rotatable bonds is 3. The Morgan fingerprint density at radius 3 is 2.59 bits per heavy atom. The summed E-state index contributed by atoms with van der Waals surface area (Å²) in [5, 5.41) is 8.41. The largest absolute Gasteiger partial charge is 0.444 e. The first-order valence-electron chi connectivity index (χ1n) is 10.9. The summed E-state index contributed by atoms with van der Waals surface area (Å²) >= 11 is 6.53. The van der Waals surface area contributed by atoms with E-state index < -0.39 is 5.60 Å². The van der Waals surface area contributed by atoms with Crippen LogP contribution in [0.5, 0.6) is 0 Å². The van der Waals surface area contributed by atoms with E-state index in [2.05, 4.69) is 25.4 Å². The number of aromatic nitrogens is 5. The number of pyridine rings is 1. The van der Waals surface area contributed by atoms with Crippen molar-refractivity contribution in [1.29, 1.82) is 0 Å². The van der Waals surface area contributed by atoms with Gasteiger partial charge in [-0.1, -0.05) is 11.6 Å². The first-order chi connectivity index (χ1) is 15.2. The van der Waals surface area contributed by atoms with Crippen LogP contribution in [0, 0.1) is 11.8 Å². The van der Waals surface area contributed by atoms with E-state index in [1.165, 1.54) is 0 Å². The summed E-state index contributed by atoms with van der Waals surface area (Å²) in [5.41, 5.74) is 2.66. The van der Waals surface area contributed by atoms with Gasteiger partial charge in [-0.2, -0.15) is 5.10 Å². The number of anilines is 1. The Balaban J connectivity index is 1.30. The number of imidazole rings is 1. The summed E-state index contributed by atoms with van der Waals surface area (Å²) in [4.78, 5) is 26.6. The van der Waals surface area contributed by atoms with Crippen LogP contribution in [-0.4, -0.2) is 60.5 Å². The Labute approximate surface area is 191 Å². The van der Waals surface area contributed by atoms with Gasteiger partial charge in [0.1, 0.15) is 16.9 Å². The molecule has 2 atom stereocenters. The van der Waals surface area contributed by atoms with Crippen LogP contribution in [0.15, 0.2) is 18.6 Å². The second kappa shape index (κ2) is 7.65. The number of aryl methyl sites for hydroxylation is 1. The Kier molecular flexibility index (Phi) is 5.03. The third-order valence-electron chi connectivity index (χ3n) is 6.20. The lowest BCUT2D eigenvalue weighted by molar-refractivity contribution is 0.0280. The van der Waals surface area contributed by atoms with Gasteiger partial charge in [0, 0.05) is 32.4 Å². The zero-order valence-electron chi connectivity index (χ0n) is 18.7. The first kappa shape index (κ1) is 21.1. The second-order valence-corrected chi connectivity index (χ2v) is 10.3. The van der Waals surface area contributed by atoms with Gasteiger partial charge in [-0.15, -0.1) is 0 Å². The van der Waals surface area contributed by atoms with Crippen molar-refractivity contribution >= 4 is 34.5 Å². The average molecular weight is 458 g/mol. The third-order valence-corrected chi connectivity index (χ3v) is 6.49. The molecule has 32 heavy (non-hydrogen) atoms. The smallest absolute Gasteiger partial charge is 0.410 e. The molecule has 3 aromatic rings. The van der Waals surface area contributed by atoms with Crippen LogP contribution in [0.25, 0.3) is 22.6 Å². The van der Waals surface area contributed by atoms with Crippen LogP contribution in [-0.2, 0) is 11.8 Å². The summed E-state index contributed by atoms with van der Waals surface area (Å²) in [7, 11) is 1.87. The first-order valence-corrected chi connectivity index (χ1v) is 11.3. The second-order valence-electron chi connectivity index (χ2n) is 9.89. The number of fused-ring (bicyclic) bond motifs is 2. The molecule has 10 heteroatoms. The minimum absolute atomic E-state index is 0.212. The molecule has 2 aliphatic rings. The van der Waals surface area contributed by atoms with Crippen molar-refractivity contribution in [3.63, 3.8) is 0 Å². The molecule has 1 aliphatic carbocycles. The fourth-order valence-electron chi connectivity index (χ4n) is 4.85. The summed E-state index contributed by atoms with van der Waals surface area (Å²) < 4.78 is 7.28. The number of nitrogens with zero attached hydrogens (tertiary/aromatic N) is 5. The summed E-state index contributed by atoms with van der Waals surface area (Å²) in [6.07, 6.45) is 7.06. The quantitative estimate of drug-likeness (QED) is 0.614. The van der Waals surface area contributed by atoms with Crippen molar-refractivity contribution < 1.29 is 9.53 Å². The lowest BCUT2D eigenvalue weighted by Gasteiger charge is -2.25. The summed E-state index contributed by atoms with van der Waals surface area (Å²) in [5.74, 6) is 1.63. The van der Waals surface area contributed by atoms with Crippen molar-refractivity contribution in [3.05, 3.63) is 23.6 Å². The third kappa shape index (κ3) is 4.01. The van der Waals surface area contributed by atoms with Crippen LogP contribution in [0.3, 0.4) is 0 Å². The summed E-state index contributed by atoms with van der Waals surface area (Å²) in [6.45, 7) is 7.18. The number of H-pyrrole nitrogens is 1. The molecule has 9 nitrogen and oxygen atoms in total. The molecule has 2 fully saturated rings. The monoisotopic (exact) mass is 457 g/mol. The fourth-order valence-corrected chi connectivity index (χ4v) is 5.05. The van der Waals surface area contributed by atoms with Crippen molar-refractivity contribution in [3.8, 4) is 11.4 Å². The Morgan fingerprint density at radius 1 is 1.25 bits per heavy atom. The standard InChI is InChI=1S/C22H28ClN7O2/c1-22(2,3)32-21(31)30-10-12-5-15(6-13(12)11-30)26-17-16(23)8-24-20-18(17)27-19(28-20)14-7-25-29(4)9-14/h7-9,12-13,15H,5-6,10-11H2,1-4H3,(H2,24,26,27,28). The average Bonchev–Trinajstić information content (AvgIpc) is 3.44. The molecule has 1 aliphatic heterocycles. The van der Waals surface area contributed by atoms with Crippen LogP contribution < -0.4 is 5.32 Å². The predicted molar refractivity (Wildman–Crippen MR) is 123 cm³/mol. The zero-order valence-corrected chi connectivity index (χ0v) is 19.5. The molecular formula is C22H28ClN7O2. The number of amides is 1. The summed E-state index contributed by atoms with van der Waals surface area (Å²) in [6, 6.07) is 0.277. The molecule has 0 spiro atoms. The normalized spacial score (nSPS) is 23.0. The fraction of sp³-hybridized carbons (Fsp3) is 0.545. The topological polar surface area (TPSA) is 101 Å². The molecule has 2 N–H and O–H groups in total. The maximum Gasteiger partial charge on any atom is 0.410 e. The number of nitrogens with one attached hydrogen (secondary N) is 2. The minimum atomic E-state index is -0.471. The number of hydrogen-bond acceptors (Lipinski definition) is 6. The molecule has 5 rings (SSSR count). The lowest BCUT2D eigenvalue weighted by Crippen LogP contribution is -2.36. The molecule has 2 unspecified atom stereocenters. The van der Waals surface area contributed by atoms with Crippen molar-refractivity contribution in [2.45, 2.75) is 45.3 Å². The number of halogens is 1. The van der Waals surface area contributed by atoms with E-state index >= 15 is 0 Å². The van der Waals surface area contributed by atoms with Gasteiger partial charge in [0.25, 0.3) is 0 Å². The van der Waals surface area contributed by atoms with Crippen molar-refractivity contribution in [2.75, 3.05) is 18.4 Å². The number of likely N-dealkylation sites (tertiary alicyclic amines) is 1. The Hall–Kier alpha value is -2.81. The maximum atomic E-state index is 12.4. The highest BCUT2D eigenvalue weighted by atomic mass is 35.5. The van der Waals surface area contributed by atoms with Gasteiger partial charge in [-0.05, 0) is 45.4 Å². The van der Waals surface area contributed by atoms with Crippen LogP contribution in [0.4, 0.5) is 10.5 Å². The van der Waals surface area contributed by atoms with Crippen LogP contribution in [0.1, 0.15) is 33.6 Å². The van der Waals surface area contributed by atoms with Crippen LogP contribution >= 0.6 is 11.6 Å². The molecule has 4 heterocycles. The van der Waals surface area contributed by atoms with E-state index in [-0.39, 0.29) is 12.1 Å². The molecule has 170 valence electrons. The minimum Gasteiger partial charge on any atom is -0.444 e.